The van der Waals surface area contributed by atoms with E-state index in [9.17, 15) is 8.42 Å². The van der Waals surface area contributed by atoms with Gasteiger partial charge in [0.2, 0.25) is 10.0 Å². The van der Waals surface area contributed by atoms with Crippen LogP contribution in [0.25, 0.3) is 0 Å². The summed E-state index contributed by atoms with van der Waals surface area (Å²) < 4.78 is 50.4. The summed E-state index contributed by atoms with van der Waals surface area (Å²) >= 11 is 3.54. The van der Waals surface area contributed by atoms with Crippen LogP contribution in [0, 0.1) is 0 Å². The summed E-state index contributed by atoms with van der Waals surface area (Å²) in [6.07, 6.45) is 1.49. The summed E-state index contributed by atoms with van der Waals surface area (Å²) in [7, 11) is -0.667. The van der Waals surface area contributed by atoms with Gasteiger partial charge in [0, 0.05) is 11.6 Å². The molecule has 2 rings (SSSR count). The van der Waals surface area contributed by atoms with Crippen LogP contribution in [-0.4, -0.2) is 48.7 Å². The van der Waals surface area contributed by atoms with Gasteiger partial charge < -0.3 is 18.9 Å². The van der Waals surface area contributed by atoms with E-state index in [1.54, 1.807) is 25.3 Å². The Bertz CT molecular complexity index is 919. The Morgan fingerprint density at radius 2 is 1.74 bits per heavy atom. The highest BCUT2D eigenvalue weighted by molar-refractivity contribution is 9.11. The molecule has 2 aromatic rings. The number of nitrogens with one attached hydrogen (secondary N) is 1. The van der Waals surface area contributed by atoms with Crippen molar-refractivity contribution in [3.63, 3.8) is 0 Å². The van der Waals surface area contributed by atoms with Crippen molar-refractivity contribution in [2.75, 3.05) is 34.2 Å². The molecule has 9 heteroatoms. The van der Waals surface area contributed by atoms with Crippen molar-refractivity contribution in [1.82, 2.24) is 4.72 Å². The highest BCUT2D eigenvalue weighted by Crippen LogP contribution is 2.29. The molecule has 0 aliphatic rings. The van der Waals surface area contributed by atoms with Crippen LogP contribution in [0.15, 0.2) is 70.1 Å². The second kappa shape index (κ2) is 12.9. The Kier molecular flexibility index (Phi) is 10.7. The van der Waals surface area contributed by atoms with Gasteiger partial charge in [-0.2, -0.15) is 4.72 Å². The quantitative estimate of drug-likeness (QED) is 0.321. The minimum absolute atomic E-state index is 0.106. The maximum Gasteiger partial charge on any atom is 0.241 e. The molecular weight excluding hydrogens is 486 g/mol. The van der Waals surface area contributed by atoms with Crippen molar-refractivity contribution < 1.29 is 27.4 Å². The zero-order valence-electron chi connectivity index (χ0n) is 17.8. The van der Waals surface area contributed by atoms with Crippen LogP contribution in [-0.2, 0) is 24.2 Å². The van der Waals surface area contributed by atoms with Gasteiger partial charge in [-0.05, 0) is 42.8 Å². The number of methoxy groups -OCH3 is 2. The van der Waals surface area contributed by atoms with Crippen molar-refractivity contribution in [3.05, 3.63) is 70.7 Å². The lowest BCUT2D eigenvalue weighted by molar-refractivity contribution is -0.0804. The molecular formula is C22H28BrNO6S. The van der Waals surface area contributed by atoms with Crippen molar-refractivity contribution in [3.8, 4) is 5.75 Å². The van der Waals surface area contributed by atoms with E-state index in [1.807, 2.05) is 37.3 Å². The predicted octanol–water partition coefficient (Wildman–Crippen LogP) is 4.02. The molecule has 2 aromatic carbocycles. The second-order valence-corrected chi connectivity index (χ2v) is 9.21. The molecule has 7 nitrogen and oxygen atoms in total. The van der Waals surface area contributed by atoms with E-state index in [0.717, 1.165) is 5.56 Å². The lowest BCUT2D eigenvalue weighted by atomic mass is 10.1. The summed E-state index contributed by atoms with van der Waals surface area (Å²) in [6.45, 7) is 2.87. The molecule has 0 fully saturated rings. The van der Waals surface area contributed by atoms with E-state index in [0.29, 0.717) is 23.4 Å². The van der Waals surface area contributed by atoms with E-state index >= 15 is 0 Å². The Morgan fingerprint density at radius 1 is 1.06 bits per heavy atom. The zero-order chi connectivity index (χ0) is 22.7. The first-order valence-corrected chi connectivity index (χ1v) is 11.9. The number of hydrogen-bond donors (Lipinski definition) is 1. The number of rotatable bonds is 13. The van der Waals surface area contributed by atoms with Gasteiger partial charge in [-0.25, -0.2) is 8.42 Å². The molecule has 0 saturated carbocycles. The van der Waals surface area contributed by atoms with Gasteiger partial charge in [-0.1, -0.05) is 46.3 Å². The lowest BCUT2D eigenvalue weighted by Crippen LogP contribution is -2.29. The van der Waals surface area contributed by atoms with Crippen LogP contribution in [0.2, 0.25) is 0 Å². The maximum atomic E-state index is 13.0. The van der Waals surface area contributed by atoms with Crippen LogP contribution in [0.5, 0.6) is 5.75 Å². The van der Waals surface area contributed by atoms with E-state index < -0.39 is 16.1 Å². The summed E-state index contributed by atoms with van der Waals surface area (Å²) in [5.74, 6) is 0.582. The molecule has 31 heavy (non-hydrogen) atoms. The number of ether oxygens (including phenoxy) is 4. The molecule has 0 bridgehead atoms. The van der Waals surface area contributed by atoms with Crippen LogP contribution in [0.3, 0.4) is 0 Å². The Hall–Kier alpha value is -1.75. The lowest BCUT2D eigenvalue weighted by Gasteiger charge is -2.20. The predicted molar refractivity (Wildman–Crippen MR) is 123 cm³/mol. The Balaban J connectivity index is 2.18. The van der Waals surface area contributed by atoms with Gasteiger partial charge in [-0.3, -0.25) is 0 Å². The average Bonchev–Trinajstić information content (AvgIpc) is 2.78. The topological polar surface area (TPSA) is 83.1 Å². The monoisotopic (exact) mass is 513 g/mol. The second-order valence-electron chi connectivity index (χ2n) is 6.58. The third kappa shape index (κ3) is 8.36. The first-order valence-electron chi connectivity index (χ1n) is 9.64. The first-order chi connectivity index (χ1) is 14.9. The van der Waals surface area contributed by atoms with Crippen LogP contribution in [0.1, 0.15) is 18.5 Å². The molecule has 0 aliphatic carbocycles. The van der Waals surface area contributed by atoms with E-state index in [1.165, 1.54) is 19.2 Å². The van der Waals surface area contributed by atoms with E-state index in [-0.39, 0.29) is 17.8 Å². The number of benzene rings is 2. The van der Waals surface area contributed by atoms with Crippen LogP contribution < -0.4 is 9.46 Å². The van der Waals surface area contributed by atoms with Gasteiger partial charge in [-0.15, -0.1) is 0 Å². The van der Waals surface area contributed by atoms with E-state index in [4.69, 9.17) is 18.9 Å². The molecule has 0 unspecified atom stereocenters. The molecule has 1 N–H and O–H groups in total. The first kappa shape index (κ1) is 25.5. The molecule has 0 aliphatic heterocycles. The smallest absolute Gasteiger partial charge is 0.241 e. The Morgan fingerprint density at radius 3 is 2.35 bits per heavy atom. The SMILES string of the molecule is COCCOCO[C@@H](C)/C=C(/Br)[C@@H](NS(=O)(=O)c1ccc(OC)cc1)c1ccccc1. The molecule has 0 saturated heterocycles. The number of halogens is 1. The van der Waals surface area contributed by atoms with Crippen molar-refractivity contribution in [2.45, 2.75) is 24.0 Å². The summed E-state index contributed by atoms with van der Waals surface area (Å²) in [4.78, 5) is 0.144. The van der Waals surface area contributed by atoms with Gasteiger partial charge in [0.05, 0.1) is 37.4 Å². The standard InChI is InChI=1S/C22H28BrNO6S/c1-17(30-16-29-14-13-27-2)15-21(23)22(18-7-5-4-6-8-18)24-31(25,26)20-11-9-19(28-3)10-12-20/h4-12,15,17,22,24H,13-14,16H2,1-3H3/b21-15+/t17-,22-/m0/s1. The number of sulfonamides is 1. The van der Waals surface area contributed by atoms with Gasteiger partial charge in [0.25, 0.3) is 0 Å². The van der Waals surface area contributed by atoms with Crippen molar-refractivity contribution in [1.29, 1.82) is 0 Å². The molecule has 170 valence electrons. The molecule has 0 heterocycles. The van der Waals surface area contributed by atoms with Gasteiger partial charge >= 0.3 is 0 Å². The van der Waals surface area contributed by atoms with Gasteiger partial charge in [0.1, 0.15) is 12.5 Å². The Labute approximate surface area is 192 Å². The molecule has 2 atom stereocenters. The fourth-order valence-electron chi connectivity index (χ4n) is 2.63. The van der Waals surface area contributed by atoms with Gasteiger partial charge in [0.15, 0.2) is 0 Å². The highest BCUT2D eigenvalue weighted by Gasteiger charge is 2.24. The third-order valence-electron chi connectivity index (χ3n) is 4.29. The van der Waals surface area contributed by atoms with Crippen molar-refractivity contribution >= 4 is 26.0 Å². The summed E-state index contributed by atoms with van der Waals surface area (Å²) in [5.41, 5.74) is 0.784. The highest BCUT2D eigenvalue weighted by atomic mass is 79.9. The van der Waals surface area contributed by atoms with Crippen LogP contribution >= 0.6 is 15.9 Å². The largest absolute Gasteiger partial charge is 0.497 e. The summed E-state index contributed by atoms with van der Waals surface area (Å²) in [6, 6.07) is 14.9. The average molecular weight is 514 g/mol. The fourth-order valence-corrected chi connectivity index (χ4v) is 4.74. The van der Waals surface area contributed by atoms with Crippen molar-refractivity contribution in [2.24, 2.45) is 0 Å². The minimum Gasteiger partial charge on any atom is -0.497 e. The summed E-state index contributed by atoms with van der Waals surface area (Å²) in [5, 5.41) is 0. The zero-order valence-corrected chi connectivity index (χ0v) is 20.2. The minimum atomic E-state index is -3.80. The molecule has 0 radical (unpaired) electrons. The number of hydrogen-bond acceptors (Lipinski definition) is 6. The van der Waals surface area contributed by atoms with E-state index in [2.05, 4.69) is 20.7 Å². The third-order valence-corrected chi connectivity index (χ3v) is 6.45. The molecule has 0 spiro atoms. The molecule has 0 aromatic heterocycles. The van der Waals surface area contributed by atoms with Crippen LogP contribution in [0.4, 0.5) is 0 Å². The normalized spacial score (nSPS) is 14.3. The maximum absolute atomic E-state index is 13.0. The fraction of sp³-hybridized carbons (Fsp3) is 0.364. The molecule has 0 amide bonds.